The van der Waals surface area contributed by atoms with Crippen LogP contribution in [0.5, 0.6) is 0 Å². The number of rotatable bonds is 1. The molecule has 2 aliphatic rings. The highest BCUT2D eigenvalue weighted by Gasteiger charge is 2.38. The van der Waals surface area contributed by atoms with E-state index in [4.69, 9.17) is 11.6 Å². The fourth-order valence-electron chi connectivity index (χ4n) is 3.59. The van der Waals surface area contributed by atoms with Crippen molar-refractivity contribution >= 4 is 17.5 Å². The van der Waals surface area contributed by atoms with Crippen LogP contribution in [0.25, 0.3) is 0 Å². The van der Waals surface area contributed by atoms with Crippen LogP contribution in [-0.2, 0) is 5.41 Å². The third-order valence-electron chi connectivity index (χ3n) is 4.82. The van der Waals surface area contributed by atoms with Crippen LogP contribution in [0, 0.1) is 11.8 Å². The number of pyridine rings is 1. The van der Waals surface area contributed by atoms with Gasteiger partial charge in [0.25, 0.3) is 5.91 Å². The molecule has 1 saturated heterocycles. The topological polar surface area (TPSA) is 33.2 Å². The number of likely N-dealkylation sites (tertiary alicyclic amines) is 1. The van der Waals surface area contributed by atoms with Crippen molar-refractivity contribution in [3.63, 3.8) is 0 Å². The summed E-state index contributed by atoms with van der Waals surface area (Å²) in [6, 6.07) is 3.61. The van der Waals surface area contributed by atoms with Gasteiger partial charge in [0.15, 0.2) is 0 Å². The lowest BCUT2D eigenvalue weighted by atomic mass is 9.91. The number of fused-ring (bicyclic) bond motifs is 1. The van der Waals surface area contributed by atoms with Crippen LogP contribution in [0.15, 0.2) is 12.1 Å². The summed E-state index contributed by atoms with van der Waals surface area (Å²) < 4.78 is 0. The lowest BCUT2D eigenvalue weighted by molar-refractivity contribution is 0.0780. The monoisotopic (exact) mass is 306 g/mol. The normalized spacial score (nSPS) is 25.2. The molecule has 2 atom stereocenters. The third-order valence-corrected chi connectivity index (χ3v) is 5.02. The standard InChI is InChI=1S/C17H23ClN2O/c1-17(2,3)14-7-13(8-15(18)19-14)16(21)20-9-11-5-4-6-12(11)10-20/h7-8,11-12H,4-6,9-10H2,1-3H3. The molecule has 2 heterocycles. The van der Waals surface area contributed by atoms with E-state index in [0.717, 1.165) is 18.8 Å². The predicted octanol–water partition coefficient (Wildman–Crippen LogP) is 3.90. The van der Waals surface area contributed by atoms with Crippen LogP contribution in [0.4, 0.5) is 0 Å². The first-order valence-corrected chi connectivity index (χ1v) is 8.20. The van der Waals surface area contributed by atoms with Crippen molar-refractivity contribution in [2.75, 3.05) is 13.1 Å². The van der Waals surface area contributed by atoms with E-state index in [1.54, 1.807) is 6.07 Å². The van der Waals surface area contributed by atoms with E-state index in [2.05, 4.69) is 25.8 Å². The zero-order chi connectivity index (χ0) is 15.2. The zero-order valence-corrected chi connectivity index (χ0v) is 13.8. The van der Waals surface area contributed by atoms with E-state index in [-0.39, 0.29) is 11.3 Å². The van der Waals surface area contributed by atoms with Gasteiger partial charge in [-0.2, -0.15) is 0 Å². The Morgan fingerprint density at radius 2 is 1.86 bits per heavy atom. The van der Waals surface area contributed by atoms with Crippen molar-refractivity contribution in [1.82, 2.24) is 9.88 Å². The zero-order valence-electron chi connectivity index (χ0n) is 13.0. The summed E-state index contributed by atoms with van der Waals surface area (Å²) in [5.41, 5.74) is 1.44. The summed E-state index contributed by atoms with van der Waals surface area (Å²) >= 11 is 6.12. The molecule has 0 bridgehead atoms. The van der Waals surface area contributed by atoms with Gasteiger partial charge in [-0.25, -0.2) is 4.98 Å². The van der Waals surface area contributed by atoms with Crippen molar-refractivity contribution in [3.05, 3.63) is 28.5 Å². The van der Waals surface area contributed by atoms with E-state index in [1.807, 2.05) is 11.0 Å². The van der Waals surface area contributed by atoms with Gasteiger partial charge in [-0.05, 0) is 36.8 Å². The quantitative estimate of drug-likeness (QED) is 0.737. The molecule has 2 fully saturated rings. The molecule has 21 heavy (non-hydrogen) atoms. The molecular formula is C17H23ClN2O. The lowest BCUT2D eigenvalue weighted by Gasteiger charge is -2.21. The van der Waals surface area contributed by atoms with E-state index in [1.165, 1.54) is 19.3 Å². The molecule has 1 saturated carbocycles. The SMILES string of the molecule is CC(C)(C)c1cc(C(=O)N2CC3CCCC3C2)cc(Cl)n1. The number of nitrogens with zero attached hydrogens (tertiary/aromatic N) is 2. The lowest BCUT2D eigenvalue weighted by Crippen LogP contribution is -2.30. The molecule has 0 radical (unpaired) electrons. The first-order chi connectivity index (χ1) is 9.84. The van der Waals surface area contributed by atoms with Crippen molar-refractivity contribution < 1.29 is 4.79 Å². The summed E-state index contributed by atoms with van der Waals surface area (Å²) in [7, 11) is 0. The molecule has 1 aromatic rings. The molecule has 1 aromatic heterocycles. The van der Waals surface area contributed by atoms with Crippen LogP contribution < -0.4 is 0 Å². The average molecular weight is 307 g/mol. The molecule has 0 aromatic carbocycles. The molecule has 3 rings (SSSR count). The fourth-order valence-corrected chi connectivity index (χ4v) is 3.80. The number of amides is 1. The number of aromatic nitrogens is 1. The Kier molecular flexibility index (Phi) is 3.73. The highest BCUT2D eigenvalue weighted by molar-refractivity contribution is 6.29. The molecule has 3 nitrogen and oxygen atoms in total. The van der Waals surface area contributed by atoms with E-state index < -0.39 is 0 Å². The summed E-state index contributed by atoms with van der Waals surface area (Å²) in [5, 5.41) is 0.408. The van der Waals surface area contributed by atoms with Gasteiger partial charge in [0.2, 0.25) is 0 Å². The van der Waals surface area contributed by atoms with E-state index in [0.29, 0.717) is 22.6 Å². The van der Waals surface area contributed by atoms with Gasteiger partial charge in [0.05, 0.1) is 0 Å². The molecule has 0 spiro atoms. The van der Waals surface area contributed by atoms with Gasteiger partial charge in [0.1, 0.15) is 5.15 Å². The minimum Gasteiger partial charge on any atom is -0.338 e. The second-order valence-electron chi connectivity index (χ2n) is 7.47. The number of carbonyl (C=O) groups excluding carboxylic acids is 1. The third kappa shape index (κ3) is 2.94. The highest BCUT2D eigenvalue weighted by atomic mass is 35.5. The Morgan fingerprint density at radius 1 is 1.24 bits per heavy atom. The molecule has 2 unspecified atom stereocenters. The second kappa shape index (κ2) is 5.28. The van der Waals surface area contributed by atoms with Gasteiger partial charge < -0.3 is 4.90 Å². The number of hydrogen-bond acceptors (Lipinski definition) is 2. The fraction of sp³-hybridized carbons (Fsp3) is 0.647. The van der Waals surface area contributed by atoms with Crippen molar-refractivity contribution in [1.29, 1.82) is 0 Å². The number of hydrogen-bond donors (Lipinski definition) is 0. The summed E-state index contributed by atoms with van der Waals surface area (Å²) in [4.78, 5) is 19.1. The Morgan fingerprint density at radius 3 is 2.43 bits per heavy atom. The van der Waals surface area contributed by atoms with Crippen LogP contribution in [0.1, 0.15) is 56.1 Å². The van der Waals surface area contributed by atoms with Gasteiger partial charge in [-0.3, -0.25) is 4.79 Å². The largest absolute Gasteiger partial charge is 0.338 e. The maximum Gasteiger partial charge on any atom is 0.254 e. The minimum absolute atomic E-state index is 0.110. The first kappa shape index (κ1) is 14.8. The van der Waals surface area contributed by atoms with Gasteiger partial charge in [-0.1, -0.05) is 38.8 Å². The van der Waals surface area contributed by atoms with Crippen LogP contribution in [0.3, 0.4) is 0 Å². The van der Waals surface area contributed by atoms with Crippen molar-refractivity contribution in [2.45, 2.75) is 45.4 Å². The van der Waals surface area contributed by atoms with Crippen molar-refractivity contribution in [3.8, 4) is 0 Å². The molecular weight excluding hydrogens is 284 g/mol. The Bertz CT molecular complexity index is 552. The summed E-state index contributed by atoms with van der Waals surface area (Å²) in [5.74, 6) is 1.54. The van der Waals surface area contributed by atoms with E-state index >= 15 is 0 Å². The minimum atomic E-state index is -0.110. The molecule has 0 N–H and O–H groups in total. The molecule has 1 aliphatic carbocycles. The summed E-state index contributed by atoms with van der Waals surface area (Å²) in [6.45, 7) is 8.07. The van der Waals surface area contributed by atoms with Crippen LogP contribution >= 0.6 is 11.6 Å². The first-order valence-electron chi connectivity index (χ1n) is 7.82. The molecule has 1 aliphatic heterocycles. The number of carbonyl (C=O) groups is 1. The van der Waals surface area contributed by atoms with Gasteiger partial charge in [0, 0.05) is 29.8 Å². The summed E-state index contributed by atoms with van der Waals surface area (Å²) in [6.07, 6.45) is 3.88. The maximum atomic E-state index is 12.7. The maximum absolute atomic E-state index is 12.7. The smallest absolute Gasteiger partial charge is 0.254 e. The highest BCUT2D eigenvalue weighted by Crippen LogP contribution is 2.38. The molecule has 114 valence electrons. The van der Waals surface area contributed by atoms with Gasteiger partial charge >= 0.3 is 0 Å². The average Bonchev–Trinajstić information content (AvgIpc) is 2.96. The number of halogens is 1. The van der Waals surface area contributed by atoms with Crippen molar-refractivity contribution in [2.24, 2.45) is 11.8 Å². The Hall–Kier alpha value is -1.09. The van der Waals surface area contributed by atoms with Crippen LogP contribution in [-0.4, -0.2) is 28.9 Å². The van der Waals surface area contributed by atoms with E-state index in [9.17, 15) is 4.79 Å². The molecule has 1 amide bonds. The second-order valence-corrected chi connectivity index (χ2v) is 7.86. The van der Waals surface area contributed by atoms with Crippen LogP contribution in [0.2, 0.25) is 5.15 Å². The Labute approximate surface area is 131 Å². The van der Waals surface area contributed by atoms with Gasteiger partial charge in [-0.15, -0.1) is 0 Å². The Balaban J connectivity index is 1.83. The predicted molar refractivity (Wildman–Crippen MR) is 84.7 cm³/mol. The molecule has 4 heteroatoms.